The van der Waals surface area contributed by atoms with Crippen molar-refractivity contribution < 1.29 is 4.74 Å². The summed E-state index contributed by atoms with van der Waals surface area (Å²) in [5.74, 6) is 0. The molecule has 0 radical (unpaired) electrons. The molecule has 1 N–H and O–H groups in total. The van der Waals surface area contributed by atoms with E-state index in [4.69, 9.17) is 4.74 Å². The third kappa shape index (κ3) is 2.89. The molecule has 0 amide bonds. The van der Waals surface area contributed by atoms with Crippen LogP contribution in [0, 0.1) is 5.41 Å². The van der Waals surface area contributed by atoms with Crippen molar-refractivity contribution in [2.75, 3.05) is 19.8 Å². The maximum absolute atomic E-state index is 5.33. The van der Waals surface area contributed by atoms with Crippen molar-refractivity contribution >= 4 is 0 Å². The van der Waals surface area contributed by atoms with E-state index in [1.165, 1.54) is 11.1 Å². The molecule has 2 aromatic rings. The van der Waals surface area contributed by atoms with Gasteiger partial charge in [-0.05, 0) is 23.3 Å². The molecule has 0 bridgehead atoms. The third-order valence-corrected chi connectivity index (χ3v) is 3.81. The van der Waals surface area contributed by atoms with Gasteiger partial charge in [-0.1, -0.05) is 37.3 Å². The Bertz CT molecular complexity index is 498. The molecular formula is C17H20N2O. The summed E-state index contributed by atoms with van der Waals surface area (Å²) < 4.78 is 5.33. The van der Waals surface area contributed by atoms with Crippen LogP contribution < -0.4 is 5.32 Å². The number of pyridine rings is 1. The largest absolute Gasteiger partial charge is 0.380 e. The van der Waals surface area contributed by atoms with Gasteiger partial charge in [-0.3, -0.25) is 4.98 Å². The Balaban J connectivity index is 1.80. The van der Waals surface area contributed by atoms with E-state index in [0.717, 1.165) is 19.8 Å². The Morgan fingerprint density at radius 3 is 2.35 bits per heavy atom. The molecule has 1 aromatic heterocycles. The summed E-state index contributed by atoms with van der Waals surface area (Å²) >= 11 is 0. The highest BCUT2D eigenvalue weighted by Gasteiger charge is 2.33. The number of aromatic nitrogens is 1. The van der Waals surface area contributed by atoms with Gasteiger partial charge in [0.05, 0.1) is 19.3 Å². The van der Waals surface area contributed by atoms with E-state index >= 15 is 0 Å². The second kappa shape index (κ2) is 5.73. The summed E-state index contributed by atoms with van der Waals surface area (Å²) in [4.78, 5) is 4.11. The van der Waals surface area contributed by atoms with Gasteiger partial charge in [-0.15, -0.1) is 0 Å². The fourth-order valence-electron chi connectivity index (χ4n) is 2.53. The molecule has 0 saturated carbocycles. The van der Waals surface area contributed by atoms with Crippen LogP contribution in [0.5, 0.6) is 0 Å². The summed E-state index contributed by atoms with van der Waals surface area (Å²) in [6, 6.07) is 14.9. The Morgan fingerprint density at radius 1 is 1.10 bits per heavy atom. The number of ether oxygens (including phenoxy) is 1. The highest BCUT2D eigenvalue weighted by Crippen LogP contribution is 2.28. The van der Waals surface area contributed by atoms with Crippen molar-refractivity contribution in [1.29, 1.82) is 0 Å². The first-order valence-electron chi connectivity index (χ1n) is 7.03. The molecule has 3 rings (SSSR count). The van der Waals surface area contributed by atoms with Crippen molar-refractivity contribution in [1.82, 2.24) is 10.3 Å². The normalized spacial score (nSPS) is 18.2. The van der Waals surface area contributed by atoms with Crippen molar-refractivity contribution in [3.63, 3.8) is 0 Å². The quantitative estimate of drug-likeness (QED) is 0.905. The Morgan fingerprint density at radius 2 is 1.75 bits per heavy atom. The Hall–Kier alpha value is -1.71. The number of hydrogen-bond acceptors (Lipinski definition) is 3. The second-order valence-electron chi connectivity index (χ2n) is 5.81. The van der Waals surface area contributed by atoms with Crippen LogP contribution in [-0.4, -0.2) is 24.7 Å². The SMILES string of the molecule is CC1(CNC(c2ccccc2)c2ccncc2)COC1. The number of nitrogens with zero attached hydrogens (tertiary/aromatic N) is 1. The van der Waals surface area contributed by atoms with Gasteiger partial charge in [0.15, 0.2) is 0 Å². The molecule has 1 saturated heterocycles. The zero-order valence-electron chi connectivity index (χ0n) is 11.8. The summed E-state index contributed by atoms with van der Waals surface area (Å²) in [6.07, 6.45) is 3.70. The molecule has 1 aliphatic rings. The lowest BCUT2D eigenvalue weighted by molar-refractivity contribution is -0.0997. The average molecular weight is 268 g/mol. The first-order valence-corrected chi connectivity index (χ1v) is 7.03. The predicted molar refractivity (Wildman–Crippen MR) is 79.5 cm³/mol. The zero-order chi connectivity index (χ0) is 13.8. The van der Waals surface area contributed by atoms with E-state index in [2.05, 4.69) is 53.6 Å². The first-order chi connectivity index (χ1) is 9.77. The van der Waals surface area contributed by atoms with Gasteiger partial charge < -0.3 is 10.1 Å². The number of rotatable bonds is 5. The van der Waals surface area contributed by atoms with E-state index in [1.54, 1.807) is 0 Å². The van der Waals surface area contributed by atoms with Gasteiger partial charge >= 0.3 is 0 Å². The van der Waals surface area contributed by atoms with Crippen LogP contribution >= 0.6 is 0 Å². The standard InChI is InChI=1S/C17H20N2O/c1-17(12-20-13-17)11-19-16(14-5-3-2-4-6-14)15-7-9-18-10-8-15/h2-10,16,19H,11-13H2,1H3. The van der Waals surface area contributed by atoms with Crippen molar-refractivity contribution in [3.05, 3.63) is 66.0 Å². The summed E-state index contributed by atoms with van der Waals surface area (Å²) in [5.41, 5.74) is 2.79. The third-order valence-electron chi connectivity index (χ3n) is 3.81. The molecular weight excluding hydrogens is 248 g/mol. The number of benzene rings is 1. The average Bonchev–Trinajstić information content (AvgIpc) is 2.48. The van der Waals surface area contributed by atoms with Gasteiger partial charge in [-0.25, -0.2) is 0 Å². The van der Waals surface area contributed by atoms with Crippen LogP contribution in [0.3, 0.4) is 0 Å². The highest BCUT2D eigenvalue weighted by molar-refractivity contribution is 5.30. The van der Waals surface area contributed by atoms with E-state index in [1.807, 2.05) is 18.5 Å². The minimum absolute atomic E-state index is 0.205. The molecule has 20 heavy (non-hydrogen) atoms. The van der Waals surface area contributed by atoms with E-state index in [9.17, 15) is 0 Å². The minimum Gasteiger partial charge on any atom is -0.380 e. The minimum atomic E-state index is 0.205. The molecule has 1 atom stereocenters. The van der Waals surface area contributed by atoms with E-state index < -0.39 is 0 Å². The maximum atomic E-state index is 5.33. The molecule has 3 nitrogen and oxygen atoms in total. The Kier molecular flexibility index (Phi) is 3.81. The van der Waals surface area contributed by atoms with Gasteiger partial charge in [0.1, 0.15) is 0 Å². The summed E-state index contributed by atoms with van der Waals surface area (Å²) in [5, 5.41) is 3.69. The first kappa shape index (κ1) is 13.3. The Labute approximate surface area is 120 Å². The highest BCUT2D eigenvalue weighted by atomic mass is 16.5. The molecule has 0 spiro atoms. The summed E-state index contributed by atoms with van der Waals surface area (Å²) in [7, 11) is 0. The topological polar surface area (TPSA) is 34.2 Å². The van der Waals surface area contributed by atoms with E-state index in [0.29, 0.717) is 0 Å². The molecule has 3 heteroatoms. The van der Waals surface area contributed by atoms with Gasteiger partial charge in [-0.2, -0.15) is 0 Å². The van der Waals surface area contributed by atoms with Crippen LogP contribution in [0.25, 0.3) is 0 Å². The van der Waals surface area contributed by atoms with Crippen LogP contribution in [0.2, 0.25) is 0 Å². The predicted octanol–water partition coefficient (Wildman–Crippen LogP) is 2.80. The van der Waals surface area contributed by atoms with Crippen LogP contribution in [0.4, 0.5) is 0 Å². The van der Waals surface area contributed by atoms with Gasteiger partial charge in [0.2, 0.25) is 0 Å². The van der Waals surface area contributed by atoms with Crippen LogP contribution in [0.1, 0.15) is 24.1 Å². The number of nitrogens with one attached hydrogen (secondary N) is 1. The molecule has 1 fully saturated rings. The van der Waals surface area contributed by atoms with Gasteiger partial charge in [0.25, 0.3) is 0 Å². The molecule has 0 aliphatic carbocycles. The van der Waals surface area contributed by atoms with Crippen molar-refractivity contribution in [3.8, 4) is 0 Å². The lowest BCUT2D eigenvalue weighted by Gasteiger charge is -2.39. The monoisotopic (exact) mass is 268 g/mol. The maximum Gasteiger partial charge on any atom is 0.0578 e. The molecule has 2 heterocycles. The van der Waals surface area contributed by atoms with E-state index in [-0.39, 0.29) is 11.5 Å². The second-order valence-corrected chi connectivity index (χ2v) is 5.81. The van der Waals surface area contributed by atoms with Crippen molar-refractivity contribution in [2.45, 2.75) is 13.0 Å². The smallest absolute Gasteiger partial charge is 0.0578 e. The molecule has 1 aliphatic heterocycles. The van der Waals surface area contributed by atoms with Crippen molar-refractivity contribution in [2.24, 2.45) is 5.41 Å². The zero-order valence-corrected chi connectivity index (χ0v) is 11.8. The fourth-order valence-corrected chi connectivity index (χ4v) is 2.53. The lowest BCUT2D eigenvalue weighted by Crippen LogP contribution is -2.48. The van der Waals surface area contributed by atoms with Crippen LogP contribution in [0.15, 0.2) is 54.9 Å². The summed E-state index contributed by atoms with van der Waals surface area (Å²) in [6.45, 7) is 4.91. The molecule has 1 aromatic carbocycles. The van der Waals surface area contributed by atoms with Gasteiger partial charge in [0, 0.05) is 24.4 Å². The lowest BCUT2D eigenvalue weighted by atomic mass is 9.87. The fraction of sp³-hybridized carbons (Fsp3) is 0.353. The number of hydrogen-bond donors (Lipinski definition) is 1. The molecule has 104 valence electrons. The molecule has 1 unspecified atom stereocenters. The van der Waals surface area contributed by atoms with Crippen LogP contribution in [-0.2, 0) is 4.74 Å².